The lowest BCUT2D eigenvalue weighted by atomic mass is 10.1. The standard InChI is InChI=1S/C18H17N3O3/c1-24-18(23)14-8-6-13(7-9-14)10-19-17(22)11-21-12-20-15-4-2-3-5-16(15)21/h2-9,12H,10-11H2,1H3,(H,19,22). The minimum absolute atomic E-state index is 0.102. The highest BCUT2D eigenvalue weighted by molar-refractivity contribution is 5.89. The zero-order valence-electron chi connectivity index (χ0n) is 13.2. The molecule has 0 saturated heterocycles. The highest BCUT2D eigenvalue weighted by Gasteiger charge is 2.08. The number of hydrogen-bond acceptors (Lipinski definition) is 4. The van der Waals surface area contributed by atoms with Crippen LogP contribution in [0.4, 0.5) is 0 Å². The van der Waals surface area contributed by atoms with Crippen molar-refractivity contribution in [2.45, 2.75) is 13.1 Å². The summed E-state index contributed by atoms with van der Waals surface area (Å²) in [6.45, 7) is 0.605. The molecule has 1 heterocycles. The Kier molecular flexibility index (Phi) is 4.56. The Morgan fingerprint density at radius 1 is 1.12 bits per heavy atom. The molecule has 3 rings (SSSR count). The largest absolute Gasteiger partial charge is 0.465 e. The summed E-state index contributed by atoms with van der Waals surface area (Å²) >= 11 is 0. The van der Waals surface area contributed by atoms with Crippen LogP contribution in [0.2, 0.25) is 0 Å². The Labute approximate surface area is 139 Å². The zero-order valence-corrected chi connectivity index (χ0v) is 13.2. The molecule has 0 saturated carbocycles. The molecule has 6 nitrogen and oxygen atoms in total. The molecule has 1 amide bonds. The van der Waals surface area contributed by atoms with E-state index in [0.717, 1.165) is 16.6 Å². The summed E-state index contributed by atoms with van der Waals surface area (Å²) in [6.07, 6.45) is 1.66. The number of ether oxygens (including phenoxy) is 1. The lowest BCUT2D eigenvalue weighted by molar-refractivity contribution is -0.121. The summed E-state index contributed by atoms with van der Waals surface area (Å²) in [5, 5.41) is 2.86. The number of carbonyl (C=O) groups is 2. The van der Waals surface area contributed by atoms with Gasteiger partial charge in [0, 0.05) is 6.54 Å². The van der Waals surface area contributed by atoms with Crippen LogP contribution in [-0.2, 0) is 22.6 Å². The van der Waals surface area contributed by atoms with Gasteiger partial charge in [0.25, 0.3) is 0 Å². The van der Waals surface area contributed by atoms with Gasteiger partial charge in [-0.3, -0.25) is 4.79 Å². The Hall–Kier alpha value is -3.15. The normalized spacial score (nSPS) is 10.5. The van der Waals surface area contributed by atoms with Crippen LogP contribution in [0.3, 0.4) is 0 Å². The van der Waals surface area contributed by atoms with Crippen LogP contribution in [0, 0.1) is 0 Å². The van der Waals surface area contributed by atoms with Gasteiger partial charge >= 0.3 is 5.97 Å². The number of para-hydroxylation sites is 2. The number of hydrogen-bond donors (Lipinski definition) is 1. The predicted molar refractivity (Wildman–Crippen MR) is 89.4 cm³/mol. The Morgan fingerprint density at radius 3 is 2.62 bits per heavy atom. The maximum absolute atomic E-state index is 12.1. The summed E-state index contributed by atoms with van der Waals surface area (Å²) in [5.74, 6) is -0.479. The summed E-state index contributed by atoms with van der Waals surface area (Å²) in [4.78, 5) is 27.8. The topological polar surface area (TPSA) is 73.2 Å². The van der Waals surface area contributed by atoms with Crippen molar-refractivity contribution in [3.05, 3.63) is 66.0 Å². The third kappa shape index (κ3) is 3.43. The van der Waals surface area contributed by atoms with Crippen molar-refractivity contribution >= 4 is 22.9 Å². The van der Waals surface area contributed by atoms with Crippen molar-refractivity contribution in [3.8, 4) is 0 Å². The molecule has 0 aliphatic heterocycles. The monoisotopic (exact) mass is 323 g/mol. The Balaban J connectivity index is 1.58. The van der Waals surface area contributed by atoms with E-state index in [-0.39, 0.29) is 18.4 Å². The fourth-order valence-corrected chi connectivity index (χ4v) is 2.42. The summed E-state index contributed by atoms with van der Waals surface area (Å²) in [6, 6.07) is 14.6. The fourth-order valence-electron chi connectivity index (χ4n) is 2.42. The first kappa shape index (κ1) is 15.7. The van der Waals surface area contributed by atoms with E-state index >= 15 is 0 Å². The second-order valence-corrected chi connectivity index (χ2v) is 5.33. The van der Waals surface area contributed by atoms with Gasteiger partial charge in [-0.05, 0) is 29.8 Å². The van der Waals surface area contributed by atoms with Crippen LogP contribution in [0.1, 0.15) is 15.9 Å². The predicted octanol–water partition coefficient (Wildman–Crippen LogP) is 2.14. The van der Waals surface area contributed by atoms with E-state index in [2.05, 4.69) is 15.0 Å². The van der Waals surface area contributed by atoms with E-state index in [1.54, 1.807) is 30.6 Å². The molecule has 0 aliphatic carbocycles. The number of rotatable bonds is 5. The van der Waals surface area contributed by atoms with Crippen molar-refractivity contribution in [2.75, 3.05) is 7.11 Å². The van der Waals surface area contributed by atoms with Gasteiger partial charge in [-0.2, -0.15) is 0 Å². The highest BCUT2D eigenvalue weighted by Crippen LogP contribution is 2.11. The molecule has 24 heavy (non-hydrogen) atoms. The van der Waals surface area contributed by atoms with E-state index in [1.165, 1.54) is 7.11 Å². The van der Waals surface area contributed by atoms with Crippen LogP contribution in [0.5, 0.6) is 0 Å². The van der Waals surface area contributed by atoms with Crippen LogP contribution in [0.25, 0.3) is 11.0 Å². The first-order valence-electron chi connectivity index (χ1n) is 7.51. The van der Waals surface area contributed by atoms with Gasteiger partial charge in [0.05, 0.1) is 30.0 Å². The molecular formula is C18H17N3O3. The average molecular weight is 323 g/mol. The van der Waals surface area contributed by atoms with Crippen molar-refractivity contribution < 1.29 is 14.3 Å². The molecule has 1 N–H and O–H groups in total. The number of esters is 1. The number of benzene rings is 2. The van der Waals surface area contributed by atoms with Gasteiger partial charge in [0.2, 0.25) is 5.91 Å². The third-order valence-electron chi connectivity index (χ3n) is 3.71. The number of carbonyl (C=O) groups excluding carboxylic acids is 2. The number of aromatic nitrogens is 2. The molecular weight excluding hydrogens is 306 g/mol. The van der Waals surface area contributed by atoms with Crippen molar-refractivity contribution in [2.24, 2.45) is 0 Å². The lowest BCUT2D eigenvalue weighted by Gasteiger charge is -2.07. The molecule has 0 fully saturated rings. The van der Waals surface area contributed by atoms with Crippen molar-refractivity contribution in [3.63, 3.8) is 0 Å². The molecule has 2 aromatic carbocycles. The van der Waals surface area contributed by atoms with Crippen LogP contribution >= 0.6 is 0 Å². The molecule has 0 aliphatic rings. The first-order valence-corrected chi connectivity index (χ1v) is 7.51. The summed E-state index contributed by atoms with van der Waals surface area (Å²) < 4.78 is 6.46. The number of nitrogens with zero attached hydrogens (tertiary/aromatic N) is 2. The molecule has 122 valence electrons. The highest BCUT2D eigenvalue weighted by atomic mass is 16.5. The van der Waals surface area contributed by atoms with Crippen molar-refractivity contribution in [1.82, 2.24) is 14.9 Å². The Morgan fingerprint density at radius 2 is 1.88 bits per heavy atom. The maximum Gasteiger partial charge on any atom is 0.337 e. The number of methoxy groups -OCH3 is 1. The molecule has 3 aromatic rings. The molecule has 6 heteroatoms. The number of fused-ring (bicyclic) bond motifs is 1. The second-order valence-electron chi connectivity index (χ2n) is 5.33. The third-order valence-corrected chi connectivity index (χ3v) is 3.71. The minimum Gasteiger partial charge on any atom is -0.465 e. The summed E-state index contributed by atoms with van der Waals surface area (Å²) in [5.41, 5.74) is 3.18. The van der Waals surface area contributed by atoms with Crippen LogP contribution in [0.15, 0.2) is 54.9 Å². The SMILES string of the molecule is COC(=O)c1ccc(CNC(=O)Cn2cnc3ccccc32)cc1. The second kappa shape index (κ2) is 6.95. The van der Waals surface area contributed by atoms with Crippen LogP contribution in [-0.4, -0.2) is 28.5 Å². The van der Waals surface area contributed by atoms with Crippen LogP contribution < -0.4 is 5.32 Å². The van der Waals surface area contributed by atoms with Gasteiger partial charge in [-0.15, -0.1) is 0 Å². The van der Waals surface area contributed by atoms with Gasteiger partial charge < -0.3 is 14.6 Å². The van der Waals surface area contributed by atoms with Gasteiger partial charge in [-0.25, -0.2) is 9.78 Å². The molecule has 0 atom stereocenters. The maximum atomic E-state index is 12.1. The lowest BCUT2D eigenvalue weighted by Crippen LogP contribution is -2.26. The molecule has 0 spiro atoms. The van der Waals surface area contributed by atoms with E-state index in [4.69, 9.17) is 0 Å². The quantitative estimate of drug-likeness (QED) is 0.730. The summed E-state index contributed by atoms with van der Waals surface area (Å²) in [7, 11) is 1.34. The number of amides is 1. The Bertz CT molecular complexity index is 869. The van der Waals surface area contributed by atoms with E-state index in [1.807, 2.05) is 28.8 Å². The van der Waals surface area contributed by atoms with Gasteiger partial charge in [0.15, 0.2) is 0 Å². The fraction of sp³-hybridized carbons (Fsp3) is 0.167. The molecule has 1 aromatic heterocycles. The zero-order chi connectivity index (χ0) is 16.9. The first-order chi connectivity index (χ1) is 11.7. The minimum atomic E-state index is -0.377. The molecule has 0 bridgehead atoms. The van der Waals surface area contributed by atoms with E-state index < -0.39 is 0 Å². The van der Waals surface area contributed by atoms with Gasteiger partial charge in [0.1, 0.15) is 6.54 Å². The van der Waals surface area contributed by atoms with E-state index in [9.17, 15) is 9.59 Å². The smallest absolute Gasteiger partial charge is 0.337 e. The average Bonchev–Trinajstić information content (AvgIpc) is 3.03. The van der Waals surface area contributed by atoms with Gasteiger partial charge in [-0.1, -0.05) is 24.3 Å². The number of imidazole rings is 1. The molecule has 0 radical (unpaired) electrons. The van der Waals surface area contributed by atoms with Crippen molar-refractivity contribution in [1.29, 1.82) is 0 Å². The molecule has 0 unspecified atom stereocenters. The van der Waals surface area contributed by atoms with E-state index in [0.29, 0.717) is 12.1 Å². The number of nitrogens with one attached hydrogen (secondary N) is 1.